The molecule has 1 aliphatic carbocycles. The van der Waals surface area contributed by atoms with Gasteiger partial charge in [-0.15, -0.1) is 0 Å². The molecule has 3 nitrogen and oxygen atoms in total. The van der Waals surface area contributed by atoms with Crippen molar-refractivity contribution in [2.24, 2.45) is 0 Å². The van der Waals surface area contributed by atoms with E-state index in [1.165, 1.54) is 24.8 Å². The van der Waals surface area contributed by atoms with Gasteiger partial charge in [-0.2, -0.15) is 0 Å². The van der Waals surface area contributed by atoms with Gasteiger partial charge < -0.3 is 11.1 Å². The van der Waals surface area contributed by atoms with Crippen molar-refractivity contribution in [1.29, 1.82) is 0 Å². The molecule has 1 saturated carbocycles. The van der Waals surface area contributed by atoms with Crippen molar-refractivity contribution < 1.29 is 0 Å². The molecule has 0 spiro atoms. The standard InChI is InChI=1S/C11H17N3/c1-13-9-5-4-8(7-9)10-3-2-6-14-11(10)12/h2-3,6,8-9,13H,4-5,7H2,1H3,(H2,12,14). The SMILES string of the molecule is CNC1CCC(c2cccnc2N)C1. The van der Waals surface area contributed by atoms with E-state index < -0.39 is 0 Å². The fourth-order valence-electron chi connectivity index (χ4n) is 2.30. The number of nitrogen functional groups attached to an aromatic ring is 1. The van der Waals surface area contributed by atoms with Gasteiger partial charge in [0.15, 0.2) is 0 Å². The van der Waals surface area contributed by atoms with Gasteiger partial charge in [0.2, 0.25) is 0 Å². The molecule has 0 saturated heterocycles. The predicted molar refractivity (Wildman–Crippen MR) is 58.1 cm³/mol. The van der Waals surface area contributed by atoms with Crippen LogP contribution in [0, 0.1) is 0 Å². The predicted octanol–water partition coefficient (Wildman–Crippen LogP) is 1.52. The van der Waals surface area contributed by atoms with Crippen LogP contribution in [0.2, 0.25) is 0 Å². The minimum atomic E-state index is 0.598. The van der Waals surface area contributed by atoms with Crippen LogP contribution in [0.4, 0.5) is 5.82 Å². The Morgan fingerprint density at radius 2 is 2.36 bits per heavy atom. The number of rotatable bonds is 2. The maximum Gasteiger partial charge on any atom is 0.126 e. The van der Waals surface area contributed by atoms with Crippen LogP contribution in [-0.2, 0) is 0 Å². The largest absolute Gasteiger partial charge is 0.383 e. The normalized spacial score (nSPS) is 26.6. The highest BCUT2D eigenvalue weighted by atomic mass is 14.9. The molecule has 1 aromatic heterocycles. The summed E-state index contributed by atoms with van der Waals surface area (Å²) in [5, 5.41) is 3.32. The third-order valence-corrected chi connectivity index (χ3v) is 3.15. The van der Waals surface area contributed by atoms with Crippen LogP contribution in [-0.4, -0.2) is 18.1 Å². The zero-order valence-corrected chi connectivity index (χ0v) is 8.53. The number of pyridine rings is 1. The average Bonchev–Trinajstić information content (AvgIpc) is 2.67. The van der Waals surface area contributed by atoms with Crippen molar-refractivity contribution >= 4 is 5.82 Å². The fraction of sp³-hybridized carbons (Fsp3) is 0.545. The van der Waals surface area contributed by atoms with Gasteiger partial charge in [-0.25, -0.2) is 4.98 Å². The third kappa shape index (κ3) is 1.73. The van der Waals surface area contributed by atoms with Gasteiger partial charge in [-0.3, -0.25) is 0 Å². The molecular formula is C11H17N3. The molecule has 0 aromatic carbocycles. The number of aromatic nitrogens is 1. The lowest BCUT2D eigenvalue weighted by Gasteiger charge is -2.12. The lowest BCUT2D eigenvalue weighted by atomic mass is 9.98. The Morgan fingerprint density at radius 1 is 1.50 bits per heavy atom. The number of nitrogens with one attached hydrogen (secondary N) is 1. The van der Waals surface area contributed by atoms with Crippen molar-refractivity contribution in [3.63, 3.8) is 0 Å². The van der Waals surface area contributed by atoms with Crippen LogP contribution in [0.3, 0.4) is 0 Å². The number of nitrogens with two attached hydrogens (primary N) is 1. The maximum absolute atomic E-state index is 5.86. The third-order valence-electron chi connectivity index (χ3n) is 3.15. The van der Waals surface area contributed by atoms with E-state index in [9.17, 15) is 0 Å². The summed E-state index contributed by atoms with van der Waals surface area (Å²) in [6.07, 6.45) is 5.41. The molecule has 3 N–H and O–H groups in total. The summed E-state index contributed by atoms with van der Waals surface area (Å²) in [5.74, 6) is 1.30. The van der Waals surface area contributed by atoms with E-state index >= 15 is 0 Å². The van der Waals surface area contributed by atoms with E-state index in [1.807, 2.05) is 13.1 Å². The molecule has 0 amide bonds. The highest BCUT2D eigenvalue weighted by molar-refractivity contribution is 5.41. The zero-order chi connectivity index (χ0) is 9.97. The van der Waals surface area contributed by atoms with Gasteiger partial charge >= 0.3 is 0 Å². The summed E-state index contributed by atoms with van der Waals surface area (Å²) in [6.45, 7) is 0. The van der Waals surface area contributed by atoms with Gasteiger partial charge in [0.1, 0.15) is 5.82 Å². The number of nitrogens with zero attached hydrogens (tertiary/aromatic N) is 1. The Labute approximate surface area is 84.7 Å². The van der Waals surface area contributed by atoms with Crippen molar-refractivity contribution in [2.45, 2.75) is 31.2 Å². The Hall–Kier alpha value is -1.09. The van der Waals surface area contributed by atoms with Crippen LogP contribution >= 0.6 is 0 Å². The number of anilines is 1. The smallest absolute Gasteiger partial charge is 0.126 e. The van der Waals surface area contributed by atoms with Gasteiger partial charge in [0.05, 0.1) is 0 Å². The molecular weight excluding hydrogens is 174 g/mol. The van der Waals surface area contributed by atoms with Gasteiger partial charge in [0, 0.05) is 12.2 Å². The second-order valence-electron chi connectivity index (χ2n) is 3.97. The zero-order valence-electron chi connectivity index (χ0n) is 8.53. The molecule has 2 rings (SSSR count). The lowest BCUT2D eigenvalue weighted by Crippen LogP contribution is -2.21. The second kappa shape index (κ2) is 3.96. The van der Waals surface area contributed by atoms with Crippen molar-refractivity contribution in [3.8, 4) is 0 Å². The minimum absolute atomic E-state index is 0.598. The van der Waals surface area contributed by atoms with Crippen LogP contribution < -0.4 is 11.1 Å². The molecule has 3 heteroatoms. The van der Waals surface area contributed by atoms with E-state index in [2.05, 4.69) is 16.4 Å². The molecule has 76 valence electrons. The average molecular weight is 191 g/mol. The molecule has 1 fully saturated rings. The molecule has 1 heterocycles. The van der Waals surface area contributed by atoms with Crippen molar-refractivity contribution in [2.75, 3.05) is 12.8 Å². The van der Waals surface area contributed by atoms with Gasteiger partial charge in [-0.1, -0.05) is 6.07 Å². The van der Waals surface area contributed by atoms with Gasteiger partial charge in [0.25, 0.3) is 0 Å². The van der Waals surface area contributed by atoms with Crippen LogP contribution in [0.15, 0.2) is 18.3 Å². The molecule has 0 bridgehead atoms. The summed E-state index contributed by atoms with van der Waals surface area (Å²) in [5.41, 5.74) is 7.08. The number of hydrogen-bond acceptors (Lipinski definition) is 3. The van der Waals surface area contributed by atoms with Crippen LogP contribution in [0.5, 0.6) is 0 Å². The molecule has 0 aliphatic heterocycles. The maximum atomic E-state index is 5.86. The molecule has 0 radical (unpaired) electrons. The minimum Gasteiger partial charge on any atom is -0.383 e. The van der Waals surface area contributed by atoms with Crippen molar-refractivity contribution in [3.05, 3.63) is 23.9 Å². The summed E-state index contributed by atoms with van der Waals surface area (Å²) in [7, 11) is 2.03. The fourth-order valence-corrected chi connectivity index (χ4v) is 2.30. The summed E-state index contributed by atoms with van der Waals surface area (Å²) in [6, 6.07) is 4.73. The lowest BCUT2D eigenvalue weighted by molar-refractivity contribution is 0.572. The first-order chi connectivity index (χ1) is 6.81. The Balaban J connectivity index is 2.13. The van der Waals surface area contributed by atoms with E-state index in [-0.39, 0.29) is 0 Å². The highest BCUT2D eigenvalue weighted by Crippen LogP contribution is 2.36. The molecule has 1 aromatic rings. The van der Waals surface area contributed by atoms with E-state index in [1.54, 1.807) is 6.20 Å². The highest BCUT2D eigenvalue weighted by Gasteiger charge is 2.25. The van der Waals surface area contributed by atoms with E-state index in [4.69, 9.17) is 5.73 Å². The van der Waals surface area contributed by atoms with E-state index in [0.717, 1.165) is 0 Å². The van der Waals surface area contributed by atoms with Crippen LogP contribution in [0.25, 0.3) is 0 Å². The molecule has 1 aliphatic rings. The Bertz CT molecular complexity index is 311. The van der Waals surface area contributed by atoms with Crippen LogP contribution in [0.1, 0.15) is 30.7 Å². The van der Waals surface area contributed by atoms with E-state index in [0.29, 0.717) is 17.8 Å². The number of hydrogen-bond donors (Lipinski definition) is 2. The first-order valence-electron chi connectivity index (χ1n) is 5.19. The van der Waals surface area contributed by atoms with Crippen molar-refractivity contribution in [1.82, 2.24) is 10.3 Å². The monoisotopic (exact) mass is 191 g/mol. The summed E-state index contributed by atoms with van der Waals surface area (Å²) >= 11 is 0. The molecule has 2 atom stereocenters. The molecule has 2 unspecified atom stereocenters. The Morgan fingerprint density at radius 3 is 3.00 bits per heavy atom. The van der Waals surface area contributed by atoms with Gasteiger partial charge in [-0.05, 0) is 43.9 Å². The first kappa shape index (κ1) is 9.46. The first-order valence-corrected chi connectivity index (χ1v) is 5.19. The quantitative estimate of drug-likeness (QED) is 0.745. The summed E-state index contributed by atoms with van der Waals surface area (Å²) in [4.78, 5) is 4.13. The summed E-state index contributed by atoms with van der Waals surface area (Å²) < 4.78 is 0. The second-order valence-corrected chi connectivity index (χ2v) is 3.97. The Kier molecular flexibility index (Phi) is 2.68. The molecule has 14 heavy (non-hydrogen) atoms. The topological polar surface area (TPSA) is 50.9 Å².